The van der Waals surface area contributed by atoms with Gasteiger partial charge in [-0.1, -0.05) is 0 Å². The van der Waals surface area contributed by atoms with E-state index in [1.54, 1.807) is 24.4 Å². The van der Waals surface area contributed by atoms with Gasteiger partial charge in [0.25, 0.3) is 5.91 Å². The number of amides is 1. The Balaban J connectivity index is 1.19. The minimum absolute atomic E-state index is 0.00534. The second kappa shape index (κ2) is 8.10. The summed E-state index contributed by atoms with van der Waals surface area (Å²) in [5, 5.41) is 11.8. The van der Waals surface area contributed by atoms with Crippen LogP contribution in [0.25, 0.3) is 0 Å². The minimum atomic E-state index is -0.00534. The molecule has 0 atom stereocenters. The number of nitrogens with zero attached hydrogens (tertiary/aromatic N) is 5. The fourth-order valence-corrected chi connectivity index (χ4v) is 3.65. The van der Waals surface area contributed by atoms with Crippen molar-refractivity contribution < 1.29 is 14.3 Å². The van der Waals surface area contributed by atoms with Gasteiger partial charge in [-0.2, -0.15) is 0 Å². The molecule has 1 amide bonds. The zero-order valence-corrected chi connectivity index (χ0v) is 17.1. The molecular formula is C22H22N6O3. The molecule has 2 aromatic heterocycles. The van der Waals surface area contributed by atoms with Gasteiger partial charge in [0.05, 0.1) is 0 Å². The van der Waals surface area contributed by atoms with Gasteiger partial charge in [-0.15, -0.1) is 10.2 Å². The molecule has 4 heterocycles. The number of aromatic nitrogens is 3. The van der Waals surface area contributed by atoms with Crippen molar-refractivity contribution in [3.8, 4) is 11.5 Å². The van der Waals surface area contributed by atoms with Crippen molar-refractivity contribution in [3.63, 3.8) is 0 Å². The average molecular weight is 418 g/mol. The molecule has 9 heteroatoms. The molecule has 5 rings (SSSR count). The number of carbonyl (C=O) groups is 1. The molecule has 3 aromatic rings. The zero-order chi connectivity index (χ0) is 21.2. The molecular weight excluding hydrogens is 396 g/mol. The third-order valence-corrected chi connectivity index (χ3v) is 5.33. The summed E-state index contributed by atoms with van der Waals surface area (Å²) in [4.78, 5) is 21.1. The van der Waals surface area contributed by atoms with Crippen LogP contribution in [0.1, 0.15) is 15.9 Å². The van der Waals surface area contributed by atoms with Gasteiger partial charge in [-0.25, -0.2) is 4.98 Å². The Morgan fingerprint density at radius 2 is 1.77 bits per heavy atom. The van der Waals surface area contributed by atoms with Crippen molar-refractivity contribution in [2.24, 2.45) is 0 Å². The van der Waals surface area contributed by atoms with E-state index >= 15 is 0 Å². The van der Waals surface area contributed by atoms with E-state index in [4.69, 9.17) is 9.47 Å². The maximum absolute atomic E-state index is 12.9. The van der Waals surface area contributed by atoms with Crippen LogP contribution >= 0.6 is 0 Å². The molecule has 0 spiro atoms. The van der Waals surface area contributed by atoms with E-state index in [9.17, 15) is 4.79 Å². The van der Waals surface area contributed by atoms with Gasteiger partial charge in [0.2, 0.25) is 6.79 Å². The van der Waals surface area contributed by atoms with Crippen molar-refractivity contribution in [2.45, 2.75) is 6.92 Å². The topological polar surface area (TPSA) is 92.7 Å². The van der Waals surface area contributed by atoms with Crippen LogP contribution in [0.15, 0.2) is 48.7 Å². The van der Waals surface area contributed by atoms with Gasteiger partial charge in [0, 0.05) is 37.9 Å². The summed E-state index contributed by atoms with van der Waals surface area (Å²) in [5.41, 5.74) is 1.73. The summed E-state index contributed by atoms with van der Waals surface area (Å²) < 4.78 is 10.7. The van der Waals surface area contributed by atoms with Crippen LogP contribution in [0.4, 0.5) is 17.5 Å². The summed E-state index contributed by atoms with van der Waals surface area (Å²) in [6.45, 7) is 4.82. The van der Waals surface area contributed by atoms with E-state index in [2.05, 4.69) is 25.4 Å². The van der Waals surface area contributed by atoms with Gasteiger partial charge >= 0.3 is 0 Å². The van der Waals surface area contributed by atoms with Gasteiger partial charge in [0.1, 0.15) is 5.82 Å². The third-order valence-electron chi connectivity index (χ3n) is 5.33. The predicted molar refractivity (Wildman–Crippen MR) is 115 cm³/mol. The van der Waals surface area contributed by atoms with E-state index in [-0.39, 0.29) is 12.7 Å². The molecule has 0 aliphatic carbocycles. The second-order valence-electron chi connectivity index (χ2n) is 7.47. The number of hydrogen-bond acceptors (Lipinski definition) is 8. The Bertz CT molecular complexity index is 1100. The molecule has 158 valence electrons. The first-order valence-corrected chi connectivity index (χ1v) is 10.1. The number of anilines is 3. The fourth-order valence-electron chi connectivity index (χ4n) is 3.65. The number of carbonyl (C=O) groups excluding carboxylic acids is 1. The summed E-state index contributed by atoms with van der Waals surface area (Å²) in [7, 11) is 0. The molecule has 1 saturated heterocycles. The molecule has 2 aliphatic heterocycles. The van der Waals surface area contributed by atoms with Crippen LogP contribution < -0.4 is 19.7 Å². The van der Waals surface area contributed by atoms with Crippen LogP contribution in [0.5, 0.6) is 11.5 Å². The molecule has 1 N–H and O–H groups in total. The first kappa shape index (κ1) is 19.1. The highest BCUT2D eigenvalue weighted by atomic mass is 16.7. The number of pyridine rings is 1. The van der Waals surface area contributed by atoms with E-state index in [1.165, 1.54) is 0 Å². The maximum atomic E-state index is 12.9. The lowest BCUT2D eigenvalue weighted by molar-refractivity contribution is 0.0746. The molecule has 9 nitrogen and oxygen atoms in total. The maximum Gasteiger partial charge on any atom is 0.254 e. The van der Waals surface area contributed by atoms with Crippen molar-refractivity contribution in [2.75, 3.05) is 43.2 Å². The van der Waals surface area contributed by atoms with Crippen molar-refractivity contribution in [1.29, 1.82) is 0 Å². The second-order valence-corrected chi connectivity index (χ2v) is 7.47. The minimum Gasteiger partial charge on any atom is -0.454 e. The number of nitrogens with one attached hydrogen (secondary N) is 1. The number of rotatable bonds is 4. The quantitative estimate of drug-likeness (QED) is 0.691. The Morgan fingerprint density at radius 1 is 0.935 bits per heavy atom. The molecule has 1 aromatic carbocycles. The lowest BCUT2D eigenvalue weighted by Gasteiger charge is -2.35. The van der Waals surface area contributed by atoms with Crippen LogP contribution in [0, 0.1) is 6.92 Å². The van der Waals surface area contributed by atoms with E-state index in [0.29, 0.717) is 49.1 Å². The molecule has 0 bridgehead atoms. The Labute approximate surface area is 179 Å². The predicted octanol–water partition coefficient (Wildman–Crippen LogP) is 2.61. The molecule has 2 aliphatic rings. The van der Waals surface area contributed by atoms with Gasteiger partial charge < -0.3 is 24.6 Å². The summed E-state index contributed by atoms with van der Waals surface area (Å²) in [6, 6.07) is 13.0. The largest absolute Gasteiger partial charge is 0.454 e. The number of piperazine rings is 1. The van der Waals surface area contributed by atoms with Crippen molar-refractivity contribution >= 4 is 23.4 Å². The van der Waals surface area contributed by atoms with Gasteiger partial charge in [-0.3, -0.25) is 4.79 Å². The molecule has 0 saturated carbocycles. The van der Waals surface area contributed by atoms with Crippen molar-refractivity contribution in [3.05, 3.63) is 59.8 Å². The number of fused-ring (bicyclic) bond motifs is 1. The van der Waals surface area contributed by atoms with E-state index in [1.807, 2.05) is 36.1 Å². The summed E-state index contributed by atoms with van der Waals surface area (Å²) in [6.07, 6.45) is 1.75. The van der Waals surface area contributed by atoms with E-state index in [0.717, 1.165) is 17.2 Å². The lowest BCUT2D eigenvalue weighted by atomic mass is 10.1. The first-order valence-electron chi connectivity index (χ1n) is 10.1. The van der Waals surface area contributed by atoms with E-state index < -0.39 is 0 Å². The zero-order valence-electron chi connectivity index (χ0n) is 17.1. The van der Waals surface area contributed by atoms with Crippen LogP contribution in [0.2, 0.25) is 0 Å². The fraction of sp³-hybridized carbons (Fsp3) is 0.273. The summed E-state index contributed by atoms with van der Waals surface area (Å²) in [5.74, 6) is 3.45. The highest BCUT2D eigenvalue weighted by Gasteiger charge is 2.24. The van der Waals surface area contributed by atoms with Gasteiger partial charge in [0.15, 0.2) is 23.1 Å². The lowest BCUT2D eigenvalue weighted by Crippen LogP contribution is -2.49. The summed E-state index contributed by atoms with van der Waals surface area (Å²) >= 11 is 0. The Kier molecular flexibility index (Phi) is 4.99. The van der Waals surface area contributed by atoms with Crippen LogP contribution in [0.3, 0.4) is 0 Å². The van der Waals surface area contributed by atoms with Crippen LogP contribution in [-0.4, -0.2) is 59.0 Å². The molecule has 0 unspecified atom stereocenters. The molecule has 31 heavy (non-hydrogen) atoms. The number of aryl methyl sites for hydroxylation is 1. The van der Waals surface area contributed by atoms with Gasteiger partial charge in [-0.05, 0) is 55.0 Å². The highest BCUT2D eigenvalue weighted by Crippen LogP contribution is 2.33. The highest BCUT2D eigenvalue weighted by molar-refractivity contribution is 5.95. The average Bonchev–Trinajstić information content (AvgIpc) is 3.27. The number of benzene rings is 1. The molecule has 0 radical (unpaired) electrons. The third kappa shape index (κ3) is 4.07. The SMILES string of the molecule is Cc1ccnc(Nc2ccc(N3CCN(C(=O)c4ccc5c(c4)OCO5)CC3)nn2)c1. The smallest absolute Gasteiger partial charge is 0.254 e. The number of ether oxygens (including phenoxy) is 2. The number of hydrogen-bond donors (Lipinski definition) is 1. The molecule has 1 fully saturated rings. The normalized spacial score (nSPS) is 15.1. The van der Waals surface area contributed by atoms with Crippen molar-refractivity contribution in [1.82, 2.24) is 20.1 Å². The Hall–Kier alpha value is -3.88. The standard InChI is InChI=1S/C22H22N6O3/c1-15-6-7-23-20(12-15)24-19-4-5-21(26-25-19)27-8-10-28(11-9-27)22(29)16-2-3-17-18(13-16)31-14-30-17/h2-7,12-13H,8-11,14H2,1H3,(H,23,24,25). The Morgan fingerprint density at radius 3 is 2.55 bits per heavy atom. The van der Waals surface area contributed by atoms with Crippen LogP contribution in [-0.2, 0) is 0 Å². The monoisotopic (exact) mass is 418 g/mol. The first-order chi connectivity index (χ1) is 15.2.